The van der Waals surface area contributed by atoms with Gasteiger partial charge in [-0.25, -0.2) is 4.79 Å². The van der Waals surface area contributed by atoms with Gasteiger partial charge in [0.15, 0.2) is 0 Å². The van der Waals surface area contributed by atoms with Crippen molar-refractivity contribution in [3.63, 3.8) is 0 Å². The Morgan fingerprint density at radius 2 is 1.90 bits per heavy atom. The van der Waals surface area contributed by atoms with E-state index >= 15 is 0 Å². The molecule has 4 rings (SSSR count). The fourth-order valence-corrected chi connectivity index (χ4v) is 3.86. The monoisotopic (exact) mass is 459 g/mol. The molecule has 9 heteroatoms. The first-order chi connectivity index (χ1) is 14.7. The van der Waals surface area contributed by atoms with Crippen LogP contribution in [0.2, 0.25) is 10.0 Å². The quantitative estimate of drug-likeness (QED) is 0.553. The summed E-state index contributed by atoms with van der Waals surface area (Å²) in [6, 6.07) is 12.9. The van der Waals surface area contributed by atoms with Gasteiger partial charge in [0.05, 0.1) is 16.1 Å². The number of carbonyl (C=O) groups is 3. The lowest BCUT2D eigenvalue weighted by Gasteiger charge is -2.22. The van der Waals surface area contributed by atoms with Crippen molar-refractivity contribution >= 4 is 52.0 Å². The van der Waals surface area contributed by atoms with Crippen LogP contribution < -0.4 is 10.6 Å². The van der Waals surface area contributed by atoms with E-state index in [2.05, 4.69) is 10.6 Å². The van der Waals surface area contributed by atoms with E-state index in [0.29, 0.717) is 21.9 Å². The Bertz CT molecular complexity index is 1180. The fourth-order valence-electron chi connectivity index (χ4n) is 3.56. The molecule has 2 atom stereocenters. The number of furan rings is 1. The van der Waals surface area contributed by atoms with E-state index in [1.807, 2.05) is 30.3 Å². The topological polar surface area (TPSA) is 91.7 Å². The number of carbonyl (C=O) groups excluding carboxylic acids is 3. The van der Waals surface area contributed by atoms with Crippen LogP contribution in [0, 0.1) is 0 Å². The van der Waals surface area contributed by atoms with Crippen LogP contribution in [0.15, 0.2) is 52.9 Å². The van der Waals surface area contributed by atoms with Crippen LogP contribution in [-0.2, 0) is 15.1 Å². The van der Waals surface area contributed by atoms with Crippen LogP contribution in [0.5, 0.6) is 0 Å². The molecule has 0 saturated carbocycles. The number of hydrogen-bond donors (Lipinski definition) is 2. The molecule has 1 aliphatic rings. The van der Waals surface area contributed by atoms with Crippen molar-refractivity contribution in [1.82, 2.24) is 15.5 Å². The van der Waals surface area contributed by atoms with E-state index in [1.165, 1.54) is 6.07 Å². The van der Waals surface area contributed by atoms with E-state index in [-0.39, 0.29) is 5.02 Å². The van der Waals surface area contributed by atoms with E-state index < -0.39 is 36.0 Å². The van der Waals surface area contributed by atoms with Crippen molar-refractivity contribution < 1.29 is 18.8 Å². The molecular weight excluding hydrogens is 441 g/mol. The standard InChI is InChI=1S/C22H19Cl2N3O4/c1-12(18-9-13-5-3-4-6-17(13)31-18)25-19(28)11-27-20(29)22(2,26-21(27)30)14-7-8-15(23)16(24)10-14/h3-10,12H,11H2,1-2H3,(H,25,28)(H,26,30)/t12-,22+/m1/s1. The summed E-state index contributed by atoms with van der Waals surface area (Å²) in [5.74, 6) is -0.468. The number of nitrogens with one attached hydrogen (secondary N) is 2. The average molecular weight is 460 g/mol. The van der Waals surface area contributed by atoms with Crippen molar-refractivity contribution in [1.29, 1.82) is 0 Å². The molecule has 1 saturated heterocycles. The van der Waals surface area contributed by atoms with Gasteiger partial charge in [-0.1, -0.05) is 47.5 Å². The number of fused-ring (bicyclic) bond motifs is 1. The Balaban J connectivity index is 1.47. The molecule has 31 heavy (non-hydrogen) atoms. The minimum absolute atomic E-state index is 0.262. The maximum Gasteiger partial charge on any atom is 0.325 e. The minimum Gasteiger partial charge on any atom is -0.459 e. The highest BCUT2D eigenvalue weighted by atomic mass is 35.5. The molecule has 1 aliphatic heterocycles. The number of para-hydroxylation sites is 1. The van der Waals surface area contributed by atoms with Crippen molar-refractivity contribution in [2.45, 2.75) is 25.4 Å². The highest BCUT2D eigenvalue weighted by Gasteiger charge is 2.49. The van der Waals surface area contributed by atoms with Crippen LogP contribution in [0.4, 0.5) is 4.79 Å². The third-order valence-electron chi connectivity index (χ3n) is 5.32. The molecule has 2 N–H and O–H groups in total. The normalized spacial score (nSPS) is 19.5. The molecular formula is C22H19Cl2N3O4. The highest BCUT2D eigenvalue weighted by Crippen LogP contribution is 2.33. The second kappa shape index (κ2) is 7.90. The first kappa shape index (κ1) is 21.2. The molecule has 2 heterocycles. The zero-order chi connectivity index (χ0) is 22.3. The van der Waals surface area contributed by atoms with Crippen LogP contribution in [0.25, 0.3) is 11.0 Å². The molecule has 0 radical (unpaired) electrons. The van der Waals surface area contributed by atoms with E-state index in [0.717, 1.165) is 10.3 Å². The summed E-state index contributed by atoms with van der Waals surface area (Å²) in [5.41, 5.74) is -0.167. The van der Waals surface area contributed by atoms with Gasteiger partial charge in [0.1, 0.15) is 23.4 Å². The molecule has 0 aliphatic carbocycles. The van der Waals surface area contributed by atoms with Crippen LogP contribution in [-0.4, -0.2) is 29.3 Å². The second-order valence-corrected chi connectivity index (χ2v) is 8.37. The molecule has 0 bridgehead atoms. The average Bonchev–Trinajstić information content (AvgIpc) is 3.25. The van der Waals surface area contributed by atoms with E-state index in [1.54, 1.807) is 26.0 Å². The largest absolute Gasteiger partial charge is 0.459 e. The van der Waals surface area contributed by atoms with Crippen molar-refractivity contribution in [3.8, 4) is 0 Å². The maximum absolute atomic E-state index is 13.0. The van der Waals surface area contributed by atoms with Crippen molar-refractivity contribution in [3.05, 3.63) is 69.9 Å². The molecule has 160 valence electrons. The van der Waals surface area contributed by atoms with Gasteiger partial charge in [0, 0.05) is 5.39 Å². The van der Waals surface area contributed by atoms with Gasteiger partial charge < -0.3 is 15.1 Å². The predicted molar refractivity (Wildman–Crippen MR) is 117 cm³/mol. The Labute approximate surface area is 188 Å². The third kappa shape index (κ3) is 3.86. The third-order valence-corrected chi connectivity index (χ3v) is 6.06. The minimum atomic E-state index is -1.35. The van der Waals surface area contributed by atoms with Gasteiger partial charge in [0.25, 0.3) is 5.91 Å². The molecule has 1 aromatic heterocycles. The summed E-state index contributed by atoms with van der Waals surface area (Å²) < 4.78 is 5.76. The lowest BCUT2D eigenvalue weighted by atomic mass is 9.92. The summed E-state index contributed by atoms with van der Waals surface area (Å²) in [7, 11) is 0. The van der Waals surface area contributed by atoms with Gasteiger partial charge in [-0.3, -0.25) is 14.5 Å². The molecule has 0 unspecified atom stereocenters. The van der Waals surface area contributed by atoms with Gasteiger partial charge in [-0.15, -0.1) is 0 Å². The van der Waals surface area contributed by atoms with Crippen molar-refractivity contribution in [2.75, 3.05) is 6.54 Å². The number of imide groups is 1. The van der Waals surface area contributed by atoms with Gasteiger partial charge in [-0.05, 0) is 43.7 Å². The highest BCUT2D eigenvalue weighted by molar-refractivity contribution is 6.42. The summed E-state index contributed by atoms with van der Waals surface area (Å²) in [6.45, 7) is 2.90. The number of halogens is 2. The molecule has 4 amide bonds. The van der Waals surface area contributed by atoms with Gasteiger partial charge in [0.2, 0.25) is 5.91 Å². The zero-order valence-corrected chi connectivity index (χ0v) is 18.3. The number of benzene rings is 2. The Hall–Kier alpha value is -3.03. The summed E-state index contributed by atoms with van der Waals surface area (Å²) in [5, 5.41) is 6.92. The number of nitrogens with zero attached hydrogens (tertiary/aromatic N) is 1. The SMILES string of the molecule is C[C@@H](NC(=O)CN1C(=O)N[C@@](C)(c2ccc(Cl)c(Cl)c2)C1=O)c1cc2ccccc2o1. The summed E-state index contributed by atoms with van der Waals surface area (Å²) >= 11 is 12.0. The molecule has 7 nitrogen and oxygen atoms in total. The number of rotatable bonds is 5. The Morgan fingerprint density at radius 1 is 1.16 bits per heavy atom. The van der Waals surface area contributed by atoms with Crippen LogP contribution in [0.1, 0.15) is 31.2 Å². The predicted octanol–water partition coefficient (Wildman–Crippen LogP) is 4.38. The van der Waals surface area contributed by atoms with Crippen LogP contribution >= 0.6 is 23.2 Å². The smallest absolute Gasteiger partial charge is 0.325 e. The first-order valence-corrected chi connectivity index (χ1v) is 10.3. The molecule has 1 fully saturated rings. The second-order valence-electron chi connectivity index (χ2n) is 7.55. The first-order valence-electron chi connectivity index (χ1n) is 9.56. The Kier molecular flexibility index (Phi) is 5.41. The zero-order valence-electron chi connectivity index (χ0n) is 16.7. The maximum atomic E-state index is 13.0. The molecule has 0 spiro atoms. The Morgan fingerprint density at radius 3 is 2.61 bits per heavy atom. The van der Waals surface area contributed by atoms with E-state index in [9.17, 15) is 14.4 Å². The lowest BCUT2D eigenvalue weighted by molar-refractivity contribution is -0.135. The molecule has 2 aromatic carbocycles. The van der Waals surface area contributed by atoms with Gasteiger partial charge >= 0.3 is 6.03 Å². The van der Waals surface area contributed by atoms with Crippen molar-refractivity contribution in [2.24, 2.45) is 0 Å². The number of amides is 4. The molecule has 3 aromatic rings. The summed E-state index contributed by atoms with van der Waals surface area (Å²) in [6.07, 6.45) is 0. The lowest BCUT2D eigenvalue weighted by Crippen LogP contribution is -2.43. The summed E-state index contributed by atoms with van der Waals surface area (Å²) in [4.78, 5) is 38.9. The van der Waals surface area contributed by atoms with Crippen LogP contribution in [0.3, 0.4) is 0 Å². The number of hydrogen-bond acceptors (Lipinski definition) is 4. The van der Waals surface area contributed by atoms with Gasteiger partial charge in [-0.2, -0.15) is 0 Å². The van der Waals surface area contributed by atoms with E-state index in [4.69, 9.17) is 27.6 Å². The number of urea groups is 1. The fraction of sp³-hybridized carbons (Fsp3) is 0.227.